The fourth-order valence-electron chi connectivity index (χ4n) is 2.48. The molecule has 1 aliphatic rings. The average molecular weight is 329 g/mol. The van der Waals surface area contributed by atoms with E-state index in [2.05, 4.69) is 0 Å². The Bertz CT molecular complexity index is 787. The van der Waals surface area contributed by atoms with Gasteiger partial charge in [0.25, 0.3) is 5.69 Å². The van der Waals surface area contributed by atoms with E-state index in [0.717, 1.165) is 0 Å². The molecular formula is C16H15N3O5. The highest BCUT2D eigenvalue weighted by Crippen LogP contribution is 2.39. The Morgan fingerprint density at radius 2 is 2.08 bits per heavy atom. The normalized spacial score (nSPS) is 17.1. The van der Waals surface area contributed by atoms with Gasteiger partial charge in [-0.3, -0.25) is 10.1 Å². The van der Waals surface area contributed by atoms with Gasteiger partial charge in [0.15, 0.2) is 0 Å². The molecule has 1 aliphatic heterocycles. The largest absolute Gasteiger partial charge is 0.463 e. The number of non-ortho nitro benzene ring substituents is 1. The Morgan fingerprint density at radius 3 is 2.58 bits per heavy atom. The number of nitrogens with two attached hydrogens (primary N) is 1. The molecule has 0 radical (unpaired) electrons. The van der Waals surface area contributed by atoms with Crippen molar-refractivity contribution in [2.75, 3.05) is 6.61 Å². The van der Waals surface area contributed by atoms with Crippen molar-refractivity contribution < 1.29 is 19.2 Å². The highest BCUT2D eigenvalue weighted by atomic mass is 16.6. The van der Waals surface area contributed by atoms with Crippen molar-refractivity contribution in [3.8, 4) is 6.07 Å². The number of nitro benzene ring substituents is 1. The zero-order chi connectivity index (χ0) is 17.9. The summed E-state index contributed by atoms with van der Waals surface area (Å²) in [5.41, 5.74) is 6.37. The van der Waals surface area contributed by atoms with Gasteiger partial charge in [-0.2, -0.15) is 5.26 Å². The summed E-state index contributed by atoms with van der Waals surface area (Å²) in [6, 6.07) is 7.50. The highest BCUT2D eigenvalue weighted by Gasteiger charge is 2.36. The van der Waals surface area contributed by atoms with Crippen LogP contribution in [0, 0.1) is 21.4 Å². The van der Waals surface area contributed by atoms with E-state index in [9.17, 15) is 20.2 Å². The zero-order valence-corrected chi connectivity index (χ0v) is 13.1. The average Bonchev–Trinajstić information content (AvgIpc) is 2.54. The standard InChI is InChI=1S/C16H15N3O5/c1-3-23-16(20)13-9(2)24-15(18)12(8-17)14(13)10-4-6-11(7-5-10)19(21)22/h4-7,14H,3,18H2,1-2H3. The van der Waals surface area contributed by atoms with Gasteiger partial charge in [-0.25, -0.2) is 4.79 Å². The molecule has 1 heterocycles. The van der Waals surface area contributed by atoms with Gasteiger partial charge in [0, 0.05) is 12.1 Å². The predicted molar refractivity (Wildman–Crippen MR) is 83.1 cm³/mol. The number of rotatable bonds is 4. The van der Waals surface area contributed by atoms with Crippen LogP contribution in [0.1, 0.15) is 25.3 Å². The van der Waals surface area contributed by atoms with Crippen molar-refractivity contribution in [1.29, 1.82) is 5.26 Å². The third-order valence-electron chi connectivity index (χ3n) is 3.54. The molecule has 8 nitrogen and oxygen atoms in total. The lowest BCUT2D eigenvalue weighted by atomic mass is 9.83. The summed E-state index contributed by atoms with van der Waals surface area (Å²) in [4.78, 5) is 22.6. The first kappa shape index (κ1) is 17.0. The molecule has 1 unspecified atom stereocenters. The molecule has 0 spiro atoms. The fourth-order valence-corrected chi connectivity index (χ4v) is 2.48. The van der Waals surface area contributed by atoms with Crippen LogP contribution in [0.25, 0.3) is 0 Å². The lowest BCUT2D eigenvalue weighted by molar-refractivity contribution is -0.384. The van der Waals surface area contributed by atoms with Gasteiger partial charge >= 0.3 is 5.97 Å². The first-order chi connectivity index (χ1) is 11.4. The molecule has 2 rings (SSSR count). The van der Waals surface area contributed by atoms with E-state index in [-0.39, 0.29) is 35.1 Å². The Hall–Kier alpha value is -3.34. The first-order valence-electron chi connectivity index (χ1n) is 7.10. The number of carbonyl (C=O) groups is 1. The van der Waals surface area contributed by atoms with Crippen LogP contribution in [-0.4, -0.2) is 17.5 Å². The molecule has 24 heavy (non-hydrogen) atoms. The third-order valence-corrected chi connectivity index (χ3v) is 3.54. The van der Waals surface area contributed by atoms with Gasteiger partial charge in [0.1, 0.15) is 17.4 Å². The maximum atomic E-state index is 12.3. The van der Waals surface area contributed by atoms with Crippen molar-refractivity contribution in [2.24, 2.45) is 5.73 Å². The van der Waals surface area contributed by atoms with E-state index in [1.807, 2.05) is 6.07 Å². The van der Waals surface area contributed by atoms with Crippen LogP contribution < -0.4 is 5.73 Å². The van der Waals surface area contributed by atoms with Gasteiger partial charge in [-0.1, -0.05) is 12.1 Å². The summed E-state index contributed by atoms with van der Waals surface area (Å²) in [5, 5.41) is 20.2. The van der Waals surface area contributed by atoms with Crippen LogP contribution in [0.3, 0.4) is 0 Å². The molecule has 124 valence electrons. The smallest absolute Gasteiger partial charge is 0.338 e. The Morgan fingerprint density at radius 1 is 1.46 bits per heavy atom. The Kier molecular flexibility index (Phi) is 4.84. The summed E-state index contributed by atoms with van der Waals surface area (Å²) < 4.78 is 10.3. The summed E-state index contributed by atoms with van der Waals surface area (Å²) in [7, 11) is 0. The van der Waals surface area contributed by atoms with Crippen molar-refractivity contribution >= 4 is 11.7 Å². The Balaban J connectivity index is 2.57. The maximum absolute atomic E-state index is 12.3. The third kappa shape index (κ3) is 3.05. The van der Waals surface area contributed by atoms with E-state index in [1.54, 1.807) is 13.8 Å². The van der Waals surface area contributed by atoms with E-state index in [0.29, 0.717) is 5.56 Å². The van der Waals surface area contributed by atoms with E-state index < -0.39 is 16.8 Å². The molecule has 1 aromatic rings. The molecule has 0 saturated heterocycles. The van der Waals surface area contributed by atoms with Crippen molar-refractivity contribution in [2.45, 2.75) is 19.8 Å². The fraction of sp³-hybridized carbons (Fsp3) is 0.250. The van der Waals surface area contributed by atoms with Crippen LogP contribution in [-0.2, 0) is 14.3 Å². The second-order valence-electron chi connectivity index (χ2n) is 4.96. The topological polar surface area (TPSA) is 128 Å². The maximum Gasteiger partial charge on any atom is 0.338 e. The molecule has 0 fully saturated rings. The number of carbonyl (C=O) groups excluding carboxylic acids is 1. The van der Waals surface area contributed by atoms with Crippen LogP contribution in [0.15, 0.2) is 47.1 Å². The van der Waals surface area contributed by atoms with Gasteiger partial charge < -0.3 is 15.2 Å². The number of nitriles is 1. The minimum Gasteiger partial charge on any atom is -0.463 e. The second-order valence-corrected chi connectivity index (χ2v) is 4.96. The van der Waals surface area contributed by atoms with Crippen LogP contribution in [0.2, 0.25) is 0 Å². The molecule has 0 bridgehead atoms. The number of esters is 1. The molecule has 1 aromatic carbocycles. The van der Waals surface area contributed by atoms with Crippen LogP contribution >= 0.6 is 0 Å². The van der Waals surface area contributed by atoms with Crippen molar-refractivity contribution in [1.82, 2.24) is 0 Å². The summed E-state index contributed by atoms with van der Waals surface area (Å²) >= 11 is 0. The predicted octanol–water partition coefficient (Wildman–Crippen LogP) is 2.24. The van der Waals surface area contributed by atoms with Gasteiger partial charge in [0.2, 0.25) is 5.88 Å². The lowest BCUT2D eigenvalue weighted by Crippen LogP contribution is -2.25. The zero-order valence-electron chi connectivity index (χ0n) is 13.1. The van der Waals surface area contributed by atoms with Crippen LogP contribution in [0.4, 0.5) is 5.69 Å². The molecule has 2 N–H and O–H groups in total. The minimum atomic E-state index is -0.802. The molecule has 0 aromatic heterocycles. The van der Waals surface area contributed by atoms with Gasteiger partial charge in [-0.05, 0) is 19.4 Å². The molecule has 8 heteroatoms. The van der Waals surface area contributed by atoms with E-state index >= 15 is 0 Å². The molecule has 1 atom stereocenters. The monoisotopic (exact) mass is 329 g/mol. The highest BCUT2D eigenvalue weighted by molar-refractivity contribution is 5.92. The lowest BCUT2D eigenvalue weighted by Gasteiger charge is -2.26. The molecular weight excluding hydrogens is 314 g/mol. The van der Waals surface area contributed by atoms with Crippen molar-refractivity contribution in [3.63, 3.8) is 0 Å². The number of hydrogen-bond donors (Lipinski definition) is 1. The second kappa shape index (κ2) is 6.83. The number of nitro groups is 1. The summed E-state index contributed by atoms with van der Waals surface area (Å²) in [6.07, 6.45) is 0. The number of nitrogens with zero attached hydrogens (tertiary/aromatic N) is 2. The van der Waals surface area contributed by atoms with Gasteiger partial charge in [-0.15, -0.1) is 0 Å². The van der Waals surface area contributed by atoms with Gasteiger partial charge in [0.05, 0.1) is 23.0 Å². The first-order valence-corrected chi connectivity index (χ1v) is 7.10. The number of ether oxygens (including phenoxy) is 2. The Labute approximate surface area is 137 Å². The number of allylic oxidation sites excluding steroid dienone is 2. The summed E-state index contributed by atoms with van der Waals surface area (Å²) in [5.74, 6) is -1.30. The van der Waals surface area contributed by atoms with Crippen molar-refractivity contribution in [3.05, 3.63) is 62.7 Å². The molecule has 0 aliphatic carbocycles. The van der Waals surface area contributed by atoms with Crippen LogP contribution in [0.5, 0.6) is 0 Å². The minimum absolute atomic E-state index is 0.0532. The summed E-state index contributed by atoms with van der Waals surface area (Å²) in [6.45, 7) is 3.36. The SMILES string of the molecule is CCOC(=O)C1=C(C)OC(N)=C(C#N)C1c1ccc([N+](=O)[O-])cc1. The number of benzene rings is 1. The molecule has 0 saturated carbocycles. The quantitative estimate of drug-likeness (QED) is 0.509. The van der Waals surface area contributed by atoms with E-state index in [4.69, 9.17) is 15.2 Å². The molecule has 0 amide bonds. The van der Waals surface area contributed by atoms with E-state index in [1.165, 1.54) is 24.3 Å². The number of hydrogen-bond acceptors (Lipinski definition) is 7.